The van der Waals surface area contributed by atoms with Crippen LogP contribution >= 0.6 is 0 Å². The molecular formula is C16H21F2NO4. The lowest BCUT2D eigenvalue weighted by Gasteiger charge is -2.21. The van der Waals surface area contributed by atoms with E-state index in [1.54, 1.807) is 6.92 Å². The molecule has 1 aromatic carbocycles. The van der Waals surface area contributed by atoms with Gasteiger partial charge in [0.05, 0.1) is 12.2 Å². The topological polar surface area (TPSA) is 75.6 Å². The fraction of sp³-hybridized carbons (Fsp3) is 0.500. The Balaban J connectivity index is 2.98. The third-order valence-corrected chi connectivity index (χ3v) is 3.26. The van der Waals surface area contributed by atoms with E-state index in [1.165, 1.54) is 18.2 Å². The normalized spacial score (nSPS) is 12.5. The number of hydrogen-bond donors (Lipinski definition) is 2. The Morgan fingerprint density at radius 1 is 1.30 bits per heavy atom. The molecule has 128 valence electrons. The maximum absolute atomic E-state index is 14.4. The van der Waals surface area contributed by atoms with Gasteiger partial charge in [-0.2, -0.15) is 8.78 Å². The first-order chi connectivity index (χ1) is 10.8. The van der Waals surface area contributed by atoms with Crippen LogP contribution in [0.2, 0.25) is 0 Å². The van der Waals surface area contributed by atoms with Crippen molar-refractivity contribution in [1.29, 1.82) is 0 Å². The maximum Gasteiger partial charge on any atom is 0.353 e. The van der Waals surface area contributed by atoms with Gasteiger partial charge in [-0.15, -0.1) is 0 Å². The molecule has 23 heavy (non-hydrogen) atoms. The number of carbonyl (C=O) groups excluding carboxylic acids is 1. The molecule has 1 unspecified atom stereocenters. The van der Waals surface area contributed by atoms with Crippen molar-refractivity contribution in [3.63, 3.8) is 0 Å². The summed E-state index contributed by atoms with van der Waals surface area (Å²) in [6.07, 6.45) is 1.31. The van der Waals surface area contributed by atoms with Crippen LogP contribution in [0.1, 0.15) is 38.7 Å². The fourth-order valence-corrected chi connectivity index (χ4v) is 2.04. The quantitative estimate of drug-likeness (QED) is 0.730. The van der Waals surface area contributed by atoms with E-state index in [4.69, 9.17) is 9.84 Å². The molecule has 0 saturated heterocycles. The van der Waals surface area contributed by atoms with Gasteiger partial charge in [0.25, 0.3) is 5.91 Å². The summed E-state index contributed by atoms with van der Waals surface area (Å²) in [4.78, 5) is 23.0. The molecule has 0 aromatic heterocycles. The van der Waals surface area contributed by atoms with Crippen molar-refractivity contribution in [3.05, 3.63) is 29.8 Å². The minimum atomic E-state index is -3.88. The van der Waals surface area contributed by atoms with E-state index in [0.717, 1.165) is 6.07 Å². The number of alkyl halides is 2. The van der Waals surface area contributed by atoms with Crippen LogP contribution in [-0.2, 0) is 15.5 Å². The van der Waals surface area contributed by atoms with Gasteiger partial charge in [0.2, 0.25) is 0 Å². The smallest absolute Gasteiger partial charge is 0.353 e. The number of carboxylic acid groups (broad SMARTS) is 1. The van der Waals surface area contributed by atoms with E-state index in [2.05, 4.69) is 0 Å². The molecule has 0 bridgehead atoms. The SMILES string of the molecule is CCCCC(NC(=O)C(F)(F)c1ccccc1OCC)C(=O)O. The summed E-state index contributed by atoms with van der Waals surface area (Å²) in [5.74, 6) is -6.96. The largest absolute Gasteiger partial charge is 0.493 e. The van der Waals surface area contributed by atoms with Gasteiger partial charge in [-0.05, 0) is 25.5 Å². The van der Waals surface area contributed by atoms with Crippen LogP contribution in [0, 0.1) is 0 Å². The summed E-state index contributed by atoms with van der Waals surface area (Å²) in [6, 6.07) is 3.97. The fourth-order valence-electron chi connectivity index (χ4n) is 2.04. The number of carbonyl (C=O) groups is 2. The van der Waals surface area contributed by atoms with Gasteiger partial charge in [0.1, 0.15) is 11.8 Å². The zero-order valence-electron chi connectivity index (χ0n) is 13.1. The molecule has 0 fully saturated rings. The van der Waals surface area contributed by atoms with E-state index in [0.29, 0.717) is 12.8 Å². The highest BCUT2D eigenvalue weighted by molar-refractivity contribution is 5.89. The van der Waals surface area contributed by atoms with E-state index >= 15 is 0 Å². The lowest BCUT2D eigenvalue weighted by Crippen LogP contribution is -2.47. The monoisotopic (exact) mass is 329 g/mol. The number of unbranched alkanes of at least 4 members (excludes halogenated alkanes) is 1. The van der Waals surface area contributed by atoms with E-state index in [-0.39, 0.29) is 18.8 Å². The molecule has 0 heterocycles. The zero-order valence-corrected chi connectivity index (χ0v) is 13.1. The molecule has 5 nitrogen and oxygen atoms in total. The molecule has 0 saturated carbocycles. The minimum Gasteiger partial charge on any atom is -0.493 e. The Morgan fingerprint density at radius 2 is 1.96 bits per heavy atom. The van der Waals surface area contributed by atoms with E-state index in [1.807, 2.05) is 12.2 Å². The van der Waals surface area contributed by atoms with Crippen LogP contribution in [-0.4, -0.2) is 29.6 Å². The number of nitrogens with one attached hydrogen (secondary N) is 1. The second-order valence-corrected chi connectivity index (χ2v) is 5.01. The summed E-state index contributed by atoms with van der Waals surface area (Å²) in [6.45, 7) is 3.65. The second kappa shape index (κ2) is 8.45. The van der Waals surface area contributed by atoms with Gasteiger partial charge in [-0.1, -0.05) is 31.9 Å². The van der Waals surface area contributed by atoms with Gasteiger partial charge in [0.15, 0.2) is 0 Å². The number of aliphatic carboxylic acids is 1. The first-order valence-electron chi connectivity index (χ1n) is 7.48. The average molecular weight is 329 g/mol. The average Bonchev–Trinajstić information content (AvgIpc) is 2.51. The molecule has 1 aromatic rings. The van der Waals surface area contributed by atoms with Crippen LogP contribution in [0.5, 0.6) is 5.75 Å². The third kappa shape index (κ3) is 4.91. The molecular weight excluding hydrogens is 308 g/mol. The molecule has 0 aliphatic carbocycles. The highest BCUT2D eigenvalue weighted by Crippen LogP contribution is 2.35. The van der Waals surface area contributed by atoms with Gasteiger partial charge < -0.3 is 15.2 Å². The number of amides is 1. The Labute approximate surface area is 133 Å². The Hall–Kier alpha value is -2.18. The summed E-state index contributed by atoms with van der Waals surface area (Å²) in [5, 5.41) is 11.0. The van der Waals surface area contributed by atoms with Gasteiger partial charge in [-0.3, -0.25) is 4.79 Å². The minimum absolute atomic E-state index is 0.0980. The second-order valence-electron chi connectivity index (χ2n) is 5.01. The third-order valence-electron chi connectivity index (χ3n) is 3.26. The number of benzene rings is 1. The Morgan fingerprint density at radius 3 is 2.52 bits per heavy atom. The molecule has 0 radical (unpaired) electrons. The van der Waals surface area contributed by atoms with Crippen molar-refractivity contribution < 1.29 is 28.2 Å². The van der Waals surface area contributed by atoms with Crippen molar-refractivity contribution in [2.24, 2.45) is 0 Å². The van der Waals surface area contributed by atoms with Gasteiger partial charge in [-0.25, -0.2) is 4.79 Å². The van der Waals surface area contributed by atoms with E-state index in [9.17, 15) is 18.4 Å². The molecule has 1 amide bonds. The molecule has 7 heteroatoms. The number of carboxylic acids is 1. The summed E-state index contributed by atoms with van der Waals surface area (Å²) in [7, 11) is 0. The molecule has 1 rings (SSSR count). The molecule has 0 spiro atoms. The van der Waals surface area contributed by atoms with Crippen LogP contribution < -0.4 is 10.1 Å². The zero-order chi connectivity index (χ0) is 17.5. The van der Waals surface area contributed by atoms with Crippen molar-refractivity contribution in [2.75, 3.05) is 6.61 Å². The molecule has 0 aliphatic rings. The number of hydrogen-bond acceptors (Lipinski definition) is 3. The number of halogens is 2. The van der Waals surface area contributed by atoms with Crippen LogP contribution in [0.4, 0.5) is 8.78 Å². The lowest BCUT2D eigenvalue weighted by atomic mass is 10.0. The van der Waals surface area contributed by atoms with Crippen molar-refractivity contribution >= 4 is 11.9 Å². The molecule has 1 atom stereocenters. The molecule has 0 aliphatic heterocycles. The predicted octanol–water partition coefficient (Wildman–Crippen LogP) is 2.94. The lowest BCUT2D eigenvalue weighted by molar-refractivity contribution is -0.152. The standard InChI is InChI=1S/C16H21F2NO4/c1-3-5-9-12(14(20)21)19-15(22)16(17,18)11-8-6-7-10-13(11)23-4-2/h6-8,10,12H,3-5,9H2,1-2H3,(H,19,22)(H,20,21). The van der Waals surface area contributed by atoms with Crippen molar-refractivity contribution in [1.82, 2.24) is 5.32 Å². The molecule has 2 N–H and O–H groups in total. The highest BCUT2D eigenvalue weighted by Gasteiger charge is 2.44. The van der Waals surface area contributed by atoms with Crippen molar-refractivity contribution in [2.45, 2.75) is 45.1 Å². The van der Waals surface area contributed by atoms with Crippen molar-refractivity contribution in [3.8, 4) is 5.75 Å². The van der Waals surface area contributed by atoms with Crippen LogP contribution in [0.3, 0.4) is 0 Å². The first-order valence-corrected chi connectivity index (χ1v) is 7.48. The highest BCUT2D eigenvalue weighted by atomic mass is 19.3. The van der Waals surface area contributed by atoms with Crippen LogP contribution in [0.15, 0.2) is 24.3 Å². The Bertz CT molecular complexity index is 549. The number of rotatable bonds is 9. The van der Waals surface area contributed by atoms with Crippen LogP contribution in [0.25, 0.3) is 0 Å². The first kappa shape index (κ1) is 18.9. The maximum atomic E-state index is 14.4. The van der Waals surface area contributed by atoms with Gasteiger partial charge in [0, 0.05) is 0 Å². The Kier molecular flexibility index (Phi) is 6.93. The summed E-state index contributed by atoms with van der Waals surface area (Å²) < 4.78 is 33.9. The number of ether oxygens (including phenoxy) is 1. The summed E-state index contributed by atoms with van der Waals surface area (Å²) >= 11 is 0. The summed E-state index contributed by atoms with van der Waals surface area (Å²) in [5.41, 5.74) is -0.584. The van der Waals surface area contributed by atoms with Gasteiger partial charge >= 0.3 is 11.9 Å². The predicted molar refractivity (Wildman–Crippen MR) is 80.6 cm³/mol. The number of para-hydroxylation sites is 1. The van der Waals surface area contributed by atoms with E-state index < -0.39 is 29.4 Å².